The van der Waals surface area contributed by atoms with Gasteiger partial charge in [-0.1, -0.05) is 12.1 Å². The quantitative estimate of drug-likeness (QED) is 0.683. The number of nitro groups is 1. The number of fused-ring (bicyclic) bond motifs is 2. The molecular formula is C16H23N3O2. The minimum Gasteiger partial charge on any atom is -0.379 e. The molecule has 0 saturated carbocycles. The van der Waals surface area contributed by atoms with Gasteiger partial charge in [0.2, 0.25) is 0 Å². The molecule has 2 bridgehead atoms. The van der Waals surface area contributed by atoms with Crippen LogP contribution in [0.3, 0.4) is 0 Å². The van der Waals surface area contributed by atoms with E-state index in [1.54, 1.807) is 13.0 Å². The van der Waals surface area contributed by atoms with E-state index in [0.29, 0.717) is 29.3 Å². The summed E-state index contributed by atoms with van der Waals surface area (Å²) in [6.45, 7) is 2.63. The van der Waals surface area contributed by atoms with Crippen LogP contribution >= 0.6 is 0 Å². The van der Waals surface area contributed by atoms with Crippen LogP contribution in [-0.4, -0.2) is 35.5 Å². The molecule has 2 atom stereocenters. The van der Waals surface area contributed by atoms with Crippen molar-refractivity contribution in [2.45, 2.75) is 44.7 Å². The molecule has 1 aromatic carbocycles. The summed E-state index contributed by atoms with van der Waals surface area (Å²) in [4.78, 5) is 13.4. The van der Waals surface area contributed by atoms with E-state index in [9.17, 15) is 10.1 Å². The maximum absolute atomic E-state index is 11.2. The highest BCUT2D eigenvalue weighted by molar-refractivity contribution is 5.65. The Kier molecular flexibility index (Phi) is 3.85. The minimum atomic E-state index is -0.282. The smallest absolute Gasteiger partial charge is 0.295 e. The third-order valence-corrected chi connectivity index (χ3v) is 5.20. The predicted molar refractivity (Wildman–Crippen MR) is 83.6 cm³/mol. The Bertz CT molecular complexity index is 532. The second kappa shape index (κ2) is 5.64. The maximum Gasteiger partial charge on any atom is 0.295 e. The first kappa shape index (κ1) is 14.3. The molecule has 0 aliphatic carbocycles. The average molecular weight is 289 g/mol. The van der Waals surface area contributed by atoms with Crippen molar-refractivity contribution in [2.24, 2.45) is 5.92 Å². The van der Waals surface area contributed by atoms with Crippen molar-refractivity contribution in [1.82, 2.24) is 4.90 Å². The Morgan fingerprint density at radius 1 is 1.33 bits per heavy atom. The highest BCUT2D eigenvalue weighted by Gasteiger charge is 2.38. The molecule has 2 unspecified atom stereocenters. The van der Waals surface area contributed by atoms with Crippen LogP contribution in [0, 0.1) is 23.0 Å². The zero-order valence-corrected chi connectivity index (χ0v) is 12.7. The van der Waals surface area contributed by atoms with Crippen molar-refractivity contribution in [3.63, 3.8) is 0 Å². The molecular weight excluding hydrogens is 266 g/mol. The summed E-state index contributed by atoms with van der Waals surface area (Å²) < 4.78 is 0. The summed E-state index contributed by atoms with van der Waals surface area (Å²) in [6, 6.07) is 6.91. The zero-order chi connectivity index (χ0) is 15.0. The van der Waals surface area contributed by atoms with Gasteiger partial charge in [-0.15, -0.1) is 0 Å². The van der Waals surface area contributed by atoms with Crippen molar-refractivity contribution >= 4 is 11.4 Å². The van der Waals surface area contributed by atoms with E-state index in [2.05, 4.69) is 17.3 Å². The fraction of sp³-hybridized carbons (Fsp3) is 0.625. The molecule has 5 heteroatoms. The zero-order valence-electron chi connectivity index (χ0n) is 12.7. The van der Waals surface area contributed by atoms with Crippen LogP contribution in [0.1, 0.15) is 31.2 Å². The highest BCUT2D eigenvalue weighted by atomic mass is 16.6. The molecule has 2 saturated heterocycles. The van der Waals surface area contributed by atoms with Crippen LogP contribution < -0.4 is 5.32 Å². The molecule has 21 heavy (non-hydrogen) atoms. The Labute approximate surface area is 125 Å². The lowest BCUT2D eigenvalue weighted by Gasteiger charge is -2.36. The molecule has 0 aromatic heterocycles. The van der Waals surface area contributed by atoms with E-state index in [1.807, 2.05) is 12.1 Å². The molecule has 1 aromatic rings. The number of nitrogens with one attached hydrogen (secondary N) is 1. The number of anilines is 1. The molecule has 5 nitrogen and oxygen atoms in total. The van der Waals surface area contributed by atoms with Crippen molar-refractivity contribution in [3.05, 3.63) is 33.9 Å². The third kappa shape index (κ3) is 2.75. The van der Waals surface area contributed by atoms with Gasteiger partial charge in [-0.05, 0) is 51.6 Å². The van der Waals surface area contributed by atoms with E-state index in [4.69, 9.17) is 0 Å². The summed E-state index contributed by atoms with van der Waals surface area (Å²) in [5.41, 5.74) is 1.59. The number of para-hydroxylation sites is 1. The van der Waals surface area contributed by atoms with Crippen molar-refractivity contribution in [3.8, 4) is 0 Å². The van der Waals surface area contributed by atoms with Gasteiger partial charge in [-0.2, -0.15) is 0 Å². The molecule has 2 aliphatic rings. The Balaban J connectivity index is 1.66. The molecule has 0 amide bonds. The Hall–Kier alpha value is -1.62. The number of piperidine rings is 1. The van der Waals surface area contributed by atoms with Gasteiger partial charge in [-0.25, -0.2) is 0 Å². The lowest BCUT2D eigenvalue weighted by atomic mass is 9.91. The molecule has 0 radical (unpaired) electrons. The first-order valence-corrected chi connectivity index (χ1v) is 7.76. The standard InChI is InChI=1S/C16H23N3O2/c1-11-4-3-5-15(16(11)19(20)21)17-10-12-8-13-6-7-14(9-12)18(13)2/h3-5,12-14,17H,6-10H2,1-2H3. The number of nitrogens with zero attached hydrogens (tertiary/aromatic N) is 2. The predicted octanol–water partition coefficient (Wildman–Crippen LogP) is 3.19. The Morgan fingerprint density at radius 2 is 2.00 bits per heavy atom. The summed E-state index contributed by atoms with van der Waals surface area (Å²) in [5.74, 6) is 0.624. The number of aryl methyl sites for hydroxylation is 1. The summed E-state index contributed by atoms with van der Waals surface area (Å²) in [6.07, 6.45) is 5.03. The van der Waals surface area contributed by atoms with Gasteiger partial charge in [0.1, 0.15) is 5.69 Å². The van der Waals surface area contributed by atoms with Crippen molar-refractivity contribution in [2.75, 3.05) is 18.9 Å². The van der Waals surface area contributed by atoms with Gasteiger partial charge in [0.15, 0.2) is 0 Å². The van der Waals surface area contributed by atoms with E-state index in [1.165, 1.54) is 25.7 Å². The topological polar surface area (TPSA) is 58.4 Å². The lowest BCUT2D eigenvalue weighted by Crippen LogP contribution is -2.41. The number of rotatable bonds is 4. The SMILES string of the molecule is Cc1cccc(NCC2CC3CCC(C2)N3C)c1[N+](=O)[O-]. The van der Waals surface area contributed by atoms with Crippen LogP contribution in [0.4, 0.5) is 11.4 Å². The van der Waals surface area contributed by atoms with E-state index in [-0.39, 0.29) is 10.6 Å². The van der Waals surface area contributed by atoms with Gasteiger partial charge < -0.3 is 10.2 Å². The van der Waals surface area contributed by atoms with Crippen molar-refractivity contribution < 1.29 is 4.92 Å². The van der Waals surface area contributed by atoms with Crippen molar-refractivity contribution in [1.29, 1.82) is 0 Å². The molecule has 114 valence electrons. The molecule has 3 rings (SSSR count). The first-order chi connectivity index (χ1) is 10.1. The second-order valence-electron chi connectivity index (χ2n) is 6.50. The van der Waals surface area contributed by atoms with Crippen LogP contribution in [0.15, 0.2) is 18.2 Å². The fourth-order valence-electron chi connectivity index (χ4n) is 3.99. The maximum atomic E-state index is 11.2. The van der Waals surface area contributed by atoms with Crippen LogP contribution in [0.25, 0.3) is 0 Å². The second-order valence-corrected chi connectivity index (χ2v) is 6.50. The van der Waals surface area contributed by atoms with E-state index >= 15 is 0 Å². The fourth-order valence-corrected chi connectivity index (χ4v) is 3.99. The summed E-state index contributed by atoms with van der Waals surface area (Å²) >= 11 is 0. The van der Waals surface area contributed by atoms with Crippen LogP contribution in [-0.2, 0) is 0 Å². The summed E-state index contributed by atoms with van der Waals surface area (Å²) in [5, 5.41) is 14.5. The molecule has 1 N–H and O–H groups in total. The number of hydrogen-bond acceptors (Lipinski definition) is 4. The minimum absolute atomic E-state index is 0.216. The number of nitro benzene ring substituents is 1. The third-order valence-electron chi connectivity index (χ3n) is 5.20. The molecule has 0 spiro atoms. The van der Waals surface area contributed by atoms with Gasteiger partial charge in [0.25, 0.3) is 5.69 Å². The lowest BCUT2D eigenvalue weighted by molar-refractivity contribution is -0.384. The van der Waals surface area contributed by atoms with Gasteiger partial charge in [0, 0.05) is 24.2 Å². The van der Waals surface area contributed by atoms with Gasteiger partial charge >= 0.3 is 0 Å². The first-order valence-electron chi connectivity index (χ1n) is 7.76. The average Bonchev–Trinajstić information content (AvgIpc) is 2.67. The van der Waals surface area contributed by atoms with Gasteiger partial charge in [-0.3, -0.25) is 10.1 Å². The number of hydrogen-bond donors (Lipinski definition) is 1. The summed E-state index contributed by atoms with van der Waals surface area (Å²) in [7, 11) is 2.23. The Morgan fingerprint density at radius 3 is 2.62 bits per heavy atom. The normalized spacial score (nSPS) is 28.6. The monoisotopic (exact) mass is 289 g/mol. The van der Waals surface area contributed by atoms with E-state index in [0.717, 1.165) is 6.54 Å². The molecule has 2 heterocycles. The molecule has 2 fully saturated rings. The van der Waals surface area contributed by atoms with Gasteiger partial charge in [0.05, 0.1) is 4.92 Å². The molecule has 2 aliphatic heterocycles. The van der Waals surface area contributed by atoms with E-state index < -0.39 is 0 Å². The van der Waals surface area contributed by atoms with Crippen LogP contribution in [0.2, 0.25) is 0 Å². The number of benzene rings is 1. The van der Waals surface area contributed by atoms with Crippen LogP contribution in [0.5, 0.6) is 0 Å². The largest absolute Gasteiger partial charge is 0.379 e. The highest BCUT2D eigenvalue weighted by Crippen LogP contribution is 2.38.